The average Bonchev–Trinajstić information content (AvgIpc) is 1.80. The highest BCUT2D eigenvalue weighted by Gasteiger charge is 2.36. The van der Waals surface area contributed by atoms with Crippen molar-refractivity contribution in [3.63, 3.8) is 0 Å². The maximum Gasteiger partial charge on any atom is 0.164 e. The Labute approximate surface area is 78.9 Å². The fourth-order valence-corrected chi connectivity index (χ4v) is 1.34. The lowest BCUT2D eigenvalue weighted by Crippen LogP contribution is -2.55. The SMILES string of the molecule is CC(C)(OC(O)CS)C1CNC1. The summed E-state index contributed by atoms with van der Waals surface area (Å²) < 4.78 is 5.43. The summed E-state index contributed by atoms with van der Waals surface area (Å²) in [5, 5.41) is 12.4. The first-order valence-corrected chi connectivity index (χ1v) is 4.87. The van der Waals surface area contributed by atoms with Gasteiger partial charge in [-0.15, -0.1) is 0 Å². The van der Waals surface area contributed by atoms with Gasteiger partial charge in [-0.05, 0) is 13.8 Å². The lowest BCUT2D eigenvalue weighted by Gasteiger charge is -2.41. The van der Waals surface area contributed by atoms with E-state index in [1.54, 1.807) is 0 Å². The predicted octanol–water partition coefficient (Wildman–Crippen LogP) is 0.249. The summed E-state index contributed by atoms with van der Waals surface area (Å²) >= 11 is 3.95. The van der Waals surface area contributed by atoms with Crippen LogP contribution in [0.5, 0.6) is 0 Å². The second kappa shape index (κ2) is 3.96. The summed E-state index contributed by atoms with van der Waals surface area (Å²) in [6.07, 6.45) is -0.746. The van der Waals surface area contributed by atoms with Crippen LogP contribution in [0.1, 0.15) is 13.8 Å². The van der Waals surface area contributed by atoms with Crippen molar-refractivity contribution >= 4 is 12.6 Å². The Morgan fingerprint density at radius 3 is 2.58 bits per heavy atom. The van der Waals surface area contributed by atoms with Crippen LogP contribution in [0.2, 0.25) is 0 Å². The van der Waals surface area contributed by atoms with Crippen LogP contribution in [0.15, 0.2) is 0 Å². The number of nitrogens with one attached hydrogen (secondary N) is 1. The van der Waals surface area contributed by atoms with Gasteiger partial charge in [-0.1, -0.05) is 0 Å². The summed E-state index contributed by atoms with van der Waals surface area (Å²) in [7, 11) is 0. The van der Waals surface area contributed by atoms with Gasteiger partial charge in [0.25, 0.3) is 0 Å². The normalized spacial score (nSPS) is 22.0. The predicted molar refractivity (Wildman–Crippen MR) is 51.4 cm³/mol. The summed E-state index contributed by atoms with van der Waals surface area (Å²) in [5.41, 5.74) is -0.243. The highest BCUT2D eigenvalue weighted by molar-refractivity contribution is 7.80. The molecule has 1 saturated heterocycles. The quantitative estimate of drug-likeness (QED) is 0.441. The summed E-state index contributed by atoms with van der Waals surface area (Å²) in [6.45, 7) is 5.97. The maximum atomic E-state index is 9.24. The van der Waals surface area contributed by atoms with Gasteiger partial charge >= 0.3 is 0 Å². The van der Waals surface area contributed by atoms with Gasteiger partial charge in [0.1, 0.15) is 0 Å². The van der Waals surface area contributed by atoms with E-state index in [-0.39, 0.29) is 5.60 Å². The van der Waals surface area contributed by atoms with Crippen molar-refractivity contribution in [2.24, 2.45) is 5.92 Å². The molecule has 0 bridgehead atoms. The van der Waals surface area contributed by atoms with E-state index in [0.29, 0.717) is 11.7 Å². The molecule has 1 atom stereocenters. The third-order valence-electron chi connectivity index (χ3n) is 2.36. The van der Waals surface area contributed by atoms with Gasteiger partial charge in [0, 0.05) is 24.8 Å². The van der Waals surface area contributed by atoms with Crippen molar-refractivity contribution in [2.75, 3.05) is 18.8 Å². The second-order valence-electron chi connectivity index (χ2n) is 3.71. The third kappa shape index (κ3) is 2.36. The van der Waals surface area contributed by atoms with Gasteiger partial charge in [0.2, 0.25) is 0 Å². The van der Waals surface area contributed by atoms with Gasteiger partial charge in [0.15, 0.2) is 6.29 Å². The first kappa shape index (κ1) is 10.3. The molecule has 1 rings (SSSR count). The summed E-state index contributed by atoms with van der Waals surface area (Å²) in [4.78, 5) is 0. The molecule has 0 aromatic rings. The van der Waals surface area contributed by atoms with Gasteiger partial charge in [-0.3, -0.25) is 0 Å². The fraction of sp³-hybridized carbons (Fsp3) is 1.00. The number of aliphatic hydroxyl groups excluding tert-OH is 1. The molecule has 3 nitrogen and oxygen atoms in total. The molecule has 1 unspecified atom stereocenters. The Kier molecular flexibility index (Phi) is 3.40. The van der Waals surface area contributed by atoms with Crippen LogP contribution >= 0.6 is 12.6 Å². The first-order chi connectivity index (χ1) is 5.56. The van der Waals surface area contributed by atoms with Gasteiger partial charge in [-0.2, -0.15) is 12.6 Å². The standard InChI is InChI=1S/C8H17NO2S/c1-8(2,6-3-9-4-6)11-7(10)5-12/h6-7,9-10,12H,3-5H2,1-2H3. The molecule has 0 amide bonds. The Morgan fingerprint density at radius 2 is 2.25 bits per heavy atom. The third-order valence-corrected chi connectivity index (χ3v) is 2.67. The molecule has 12 heavy (non-hydrogen) atoms. The molecule has 0 saturated carbocycles. The van der Waals surface area contributed by atoms with E-state index in [1.165, 1.54) is 0 Å². The van der Waals surface area contributed by atoms with E-state index in [0.717, 1.165) is 13.1 Å². The van der Waals surface area contributed by atoms with Crippen LogP contribution in [0, 0.1) is 5.92 Å². The van der Waals surface area contributed by atoms with E-state index in [9.17, 15) is 5.11 Å². The Hall–Kier alpha value is 0.230. The molecule has 0 aromatic carbocycles. The largest absolute Gasteiger partial charge is 0.367 e. The van der Waals surface area contributed by atoms with Gasteiger partial charge in [-0.25, -0.2) is 0 Å². The van der Waals surface area contributed by atoms with Gasteiger partial charge < -0.3 is 15.2 Å². The molecule has 4 heteroatoms. The van der Waals surface area contributed by atoms with E-state index in [4.69, 9.17) is 4.74 Å². The number of hydrogen-bond acceptors (Lipinski definition) is 4. The van der Waals surface area contributed by atoms with E-state index >= 15 is 0 Å². The fourth-order valence-electron chi connectivity index (χ4n) is 1.26. The van der Waals surface area contributed by atoms with Crippen molar-refractivity contribution in [3.05, 3.63) is 0 Å². The minimum atomic E-state index is -0.746. The highest BCUT2D eigenvalue weighted by atomic mass is 32.1. The maximum absolute atomic E-state index is 9.24. The summed E-state index contributed by atoms with van der Waals surface area (Å²) in [5.74, 6) is 0.857. The molecular weight excluding hydrogens is 174 g/mol. The lowest BCUT2D eigenvalue weighted by molar-refractivity contribution is -0.185. The van der Waals surface area contributed by atoms with Gasteiger partial charge in [0.05, 0.1) is 5.60 Å². The van der Waals surface area contributed by atoms with Crippen LogP contribution in [0.4, 0.5) is 0 Å². The molecule has 0 aliphatic carbocycles. The number of aliphatic hydroxyl groups is 1. The molecule has 0 spiro atoms. The molecule has 1 aliphatic rings. The van der Waals surface area contributed by atoms with Crippen molar-refractivity contribution < 1.29 is 9.84 Å². The monoisotopic (exact) mass is 191 g/mol. The number of thiol groups is 1. The van der Waals surface area contributed by atoms with Crippen molar-refractivity contribution in [3.8, 4) is 0 Å². The number of ether oxygens (including phenoxy) is 1. The second-order valence-corrected chi connectivity index (χ2v) is 4.08. The molecule has 0 radical (unpaired) electrons. The van der Waals surface area contributed by atoms with Crippen LogP contribution in [-0.2, 0) is 4.74 Å². The summed E-state index contributed by atoms with van der Waals surface area (Å²) in [6, 6.07) is 0. The minimum absolute atomic E-state index is 0.243. The van der Waals surface area contributed by atoms with E-state index in [2.05, 4.69) is 17.9 Å². The van der Waals surface area contributed by atoms with Crippen LogP contribution in [-0.4, -0.2) is 35.8 Å². The highest BCUT2D eigenvalue weighted by Crippen LogP contribution is 2.25. The molecular formula is C8H17NO2S. The topological polar surface area (TPSA) is 41.5 Å². The smallest absolute Gasteiger partial charge is 0.164 e. The Bertz CT molecular complexity index is 148. The zero-order valence-electron chi connectivity index (χ0n) is 7.58. The molecule has 1 aliphatic heterocycles. The molecule has 2 N–H and O–H groups in total. The lowest BCUT2D eigenvalue weighted by atomic mass is 9.86. The zero-order chi connectivity index (χ0) is 9.19. The minimum Gasteiger partial charge on any atom is -0.367 e. The first-order valence-electron chi connectivity index (χ1n) is 4.23. The average molecular weight is 191 g/mol. The number of rotatable bonds is 4. The Balaban J connectivity index is 2.35. The van der Waals surface area contributed by atoms with Crippen molar-refractivity contribution in [1.29, 1.82) is 0 Å². The van der Waals surface area contributed by atoms with Crippen molar-refractivity contribution in [2.45, 2.75) is 25.7 Å². The Morgan fingerprint density at radius 1 is 1.67 bits per heavy atom. The van der Waals surface area contributed by atoms with E-state index < -0.39 is 6.29 Å². The molecule has 1 fully saturated rings. The van der Waals surface area contributed by atoms with Crippen molar-refractivity contribution in [1.82, 2.24) is 5.32 Å². The zero-order valence-corrected chi connectivity index (χ0v) is 8.47. The molecule has 72 valence electrons. The van der Waals surface area contributed by atoms with Crippen LogP contribution < -0.4 is 5.32 Å². The number of hydrogen-bond donors (Lipinski definition) is 3. The molecule has 0 aromatic heterocycles. The van der Waals surface area contributed by atoms with Crippen LogP contribution in [0.3, 0.4) is 0 Å². The van der Waals surface area contributed by atoms with Crippen LogP contribution in [0.25, 0.3) is 0 Å². The van der Waals surface area contributed by atoms with E-state index in [1.807, 2.05) is 13.8 Å². The molecule has 1 heterocycles.